The molecule has 27 heavy (non-hydrogen) atoms. The lowest BCUT2D eigenvalue weighted by Gasteiger charge is -2.24. The number of hydroxylamine groups is 2. The van der Waals surface area contributed by atoms with E-state index in [0.717, 1.165) is 4.88 Å². The second-order valence-electron chi connectivity index (χ2n) is 5.73. The van der Waals surface area contributed by atoms with Crippen molar-refractivity contribution in [3.05, 3.63) is 40.6 Å². The molecule has 0 amide bonds. The number of ether oxygens (including phenoxy) is 3. The van der Waals surface area contributed by atoms with Crippen LogP contribution in [0.1, 0.15) is 17.4 Å². The van der Waals surface area contributed by atoms with Crippen molar-refractivity contribution in [1.82, 2.24) is 5.06 Å². The Morgan fingerprint density at radius 1 is 1.26 bits per heavy atom. The van der Waals surface area contributed by atoms with Crippen molar-refractivity contribution >= 4 is 23.3 Å². The second-order valence-corrected chi connectivity index (χ2v) is 6.71. The quantitative estimate of drug-likeness (QED) is 0.436. The fourth-order valence-corrected chi connectivity index (χ4v) is 3.33. The highest BCUT2D eigenvalue weighted by Crippen LogP contribution is 2.39. The van der Waals surface area contributed by atoms with Crippen molar-refractivity contribution in [3.8, 4) is 17.2 Å². The lowest BCUT2D eigenvalue weighted by molar-refractivity contribution is -0.168. The van der Waals surface area contributed by atoms with Crippen LogP contribution in [0.2, 0.25) is 0 Å². The van der Waals surface area contributed by atoms with Gasteiger partial charge in [-0.1, -0.05) is 12.1 Å². The molecule has 0 radical (unpaired) electrons. The molecule has 1 aromatic carbocycles. The van der Waals surface area contributed by atoms with E-state index in [1.807, 2.05) is 11.4 Å². The van der Waals surface area contributed by atoms with Crippen LogP contribution in [0.3, 0.4) is 0 Å². The van der Waals surface area contributed by atoms with Crippen molar-refractivity contribution in [1.29, 1.82) is 0 Å². The standard InChI is InChI=1S/C18H19NO7S/c1-19(26-14-5-2-4-13-16(14)24-10-9-23-13)8-7-12(15-6-3-11-27-15)25-18(22)17(20)21/h2-6,11-12H,7-10H2,1H3,(H,20,21). The van der Waals surface area contributed by atoms with Crippen LogP contribution < -0.4 is 14.3 Å². The topological polar surface area (TPSA) is 94.5 Å². The Balaban J connectivity index is 1.62. The minimum Gasteiger partial charge on any atom is -0.486 e. The van der Waals surface area contributed by atoms with Crippen LogP contribution in [0, 0.1) is 0 Å². The lowest BCUT2D eigenvalue weighted by atomic mass is 10.2. The molecule has 0 fully saturated rings. The van der Waals surface area contributed by atoms with Gasteiger partial charge in [0.05, 0.1) is 0 Å². The first-order chi connectivity index (χ1) is 13.0. The molecule has 1 atom stereocenters. The smallest absolute Gasteiger partial charge is 0.417 e. The molecule has 0 spiro atoms. The Bertz CT molecular complexity index is 793. The summed E-state index contributed by atoms with van der Waals surface area (Å²) in [6.45, 7) is 1.33. The summed E-state index contributed by atoms with van der Waals surface area (Å²) < 4.78 is 16.2. The molecule has 2 aromatic rings. The van der Waals surface area contributed by atoms with E-state index in [0.29, 0.717) is 43.4 Å². The first-order valence-corrected chi connectivity index (χ1v) is 9.17. The van der Waals surface area contributed by atoms with E-state index in [9.17, 15) is 9.59 Å². The van der Waals surface area contributed by atoms with E-state index in [1.165, 1.54) is 11.3 Å². The number of fused-ring (bicyclic) bond motifs is 1. The van der Waals surface area contributed by atoms with Gasteiger partial charge in [0, 0.05) is 24.9 Å². The zero-order valence-electron chi connectivity index (χ0n) is 14.6. The molecular weight excluding hydrogens is 374 g/mol. The van der Waals surface area contributed by atoms with Crippen molar-refractivity contribution in [2.45, 2.75) is 12.5 Å². The average Bonchev–Trinajstić information content (AvgIpc) is 3.19. The second kappa shape index (κ2) is 8.74. The highest BCUT2D eigenvalue weighted by atomic mass is 32.1. The van der Waals surface area contributed by atoms with Crippen LogP contribution >= 0.6 is 11.3 Å². The maximum atomic E-state index is 11.5. The van der Waals surface area contributed by atoms with E-state index in [1.54, 1.807) is 36.4 Å². The van der Waals surface area contributed by atoms with Crippen molar-refractivity contribution in [2.24, 2.45) is 0 Å². The summed E-state index contributed by atoms with van der Waals surface area (Å²) in [5.41, 5.74) is 0. The van der Waals surface area contributed by atoms with Crippen LogP contribution in [0.25, 0.3) is 0 Å². The third-order valence-electron chi connectivity index (χ3n) is 3.77. The third-order valence-corrected chi connectivity index (χ3v) is 4.74. The van der Waals surface area contributed by atoms with E-state index < -0.39 is 18.0 Å². The first-order valence-electron chi connectivity index (χ1n) is 8.29. The van der Waals surface area contributed by atoms with Gasteiger partial charge in [0.25, 0.3) is 0 Å². The maximum Gasteiger partial charge on any atom is 0.417 e. The zero-order chi connectivity index (χ0) is 19.2. The predicted octanol–water partition coefficient (Wildman–Crippen LogP) is 2.50. The van der Waals surface area contributed by atoms with Crippen LogP contribution in [0.15, 0.2) is 35.7 Å². The molecule has 2 heterocycles. The van der Waals surface area contributed by atoms with Gasteiger partial charge in [-0.15, -0.1) is 16.4 Å². The molecule has 1 N–H and O–H groups in total. The van der Waals surface area contributed by atoms with Gasteiger partial charge in [-0.3, -0.25) is 0 Å². The first kappa shape index (κ1) is 19.0. The zero-order valence-corrected chi connectivity index (χ0v) is 15.4. The van der Waals surface area contributed by atoms with Gasteiger partial charge in [0.2, 0.25) is 5.75 Å². The van der Waals surface area contributed by atoms with E-state index in [2.05, 4.69) is 0 Å². The fourth-order valence-electron chi connectivity index (χ4n) is 2.54. The van der Waals surface area contributed by atoms with Gasteiger partial charge >= 0.3 is 11.9 Å². The number of carboxylic acids is 1. The van der Waals surface area contributed by atoms with Gasteiger partial charge in [-0.2, -0.15) is 0 Å². The maximum absolute atomic E-state index is 11.5. The lowest BCUT2D eigenvalue weighted by Crippen LogP contribution is -2.27. The minimum absolute atomic E-state index is 0.364. The number of hydrogen-bond acceptors (Lipinski definition) is 8. The Morgan fingerprint density at radius 3 is 2.81 bits per heavy atom. The molecule has 0 bridgehead atoms. The monoisotopic (exact) mass is 393 g/mol. The Labute approximate surface area is 159 Å². The summed E-state index contributed by atoms with van der Waals surface area (Å²) in [6.07, 6.45) is -0.300. The highest BCUT2D eigenvalue weighted by molar-refractivity contribution is 7.10. The number of thiophene rings is 1. The Hall–Kier alpha value is -2.78. The molecule has 0 saturated heterocycles. The molecule has 1 unspecified atom stereocenters. The van der Waals surface area contributed by atoms with Gasteiger partial charge in [0.15, 0.2) is 11.5 Å². The van der Waals surface area contributed by atoms with Crippen molar-refractivity contribution in [3.63, 3.8) is 0 Å². The average molecular weight is 393 g/mol. The summed E-state index contributed by atoms with van der Waals surface area (Å²) in [7, 11) is 1.73. The van der Waals surface area contributed by atoms with Crippen LogP contribution in [-0.4, -0.2) is 48.9 Å². The Morgan fingerprint density at radius 2 is 2.07 bits per heavy atom. The van der Waals surface area contributed by atoms with E-state index in [4.69, 9.17) is 24.2 Å². The minimum atomic E-state index is -1.62. The van der Waals surface area contributed by atoms with Gasteiger partial charge in [0.1, 0.15) is 19.3 Å². The number of esters is 1. The number of carbonyl (C=O) groups is 2. The molecule has 9 heteroatoms. The molecule has 0 aliphatic carbocycles. The van der Waals surface area contributed by atoms with E-state index >= 15 is 0 Å². The number of hydrogen-bond donors (Lipinski definition) is 1. The van der Waals surface area contributed by atoms with Crippen LogP contribution in [-0.2, 0) is 14.3 Å². The SMILES string of the molecule is CN(CCC(OC(=O)C(=O)O)c1cccs1)Oc1cccc2c1OCCO2. The number of nitrogens with zero attached hydrogens (tertiary/aromatic N) is 1. The molecule has 8 nitrogen and oxygen atoms in total. The summed E-state index contributed by atoms with van der Waals surface area (Å²) in [5, 5.41) is 12.2. The fraction of sp³-hybridized carbons (Fsp3) is 0.333. The largest absolute Gasteiger partial charge is 0.486 e. The van der Waals surface area contributed by atoms with Crippen molar-refractivity contribution in [2.75, 3.05) is 26.8 Å². The summed E-state index contributed by atoms with van der Waals surface area (Å²) >= 11 is 1.39. The number of carbonyl (C=O) groups excluding carboxylic acids is 1. The Kier molecular flexibility index (Phi) is 6.15. The van der Waals surface area contributed by atoms with Crippen LogP contribution in [0.5, 0.6) is 17.2 Å². The van der Waals surface area contributed by atoms with Gasteiger partial charge < -0.3 is 24.2 Å². The highest BCUT2D eigenvalue weighted by Gasteiger charge is 2.24. The molecular formula is C18H19NO7S. The number of rotatable bonds is 7. The summed E-state index contributed by atoms with van der Waals surface area (Å²) in [4.78, 5) is 28.8. The number of aliphatic carboxylic acids is 1. The summed E-state index contributed by atoms with van der Waals surface area (Å²) in [5.74, 6) is -1.21. The molecule has 0 saturated carbocycles. The number of para-hydroxylation sites is 1. The molecule has 1 aliphatic rings. The molecule has 1 aromatic heterocycles. The molecule has 1 aliphatic heterocycles. The van der Waals surface area contributed by atoms with Crippen molar-refractivity contribution < 1.29 is 33.7 Å². The summed E-state index contributed by atoms with van der Waals surface area (Å²) in [6, 6.07) is 8.99. The molecule has 3 rings (SSSR count). The number of carboxylic acid groups (broad SMARTS) is 1. The normalized spacial score (nSPS) is 13.9. The molecule has 144 valence electrons. The van der Waals surface area contributed by atoms with Crippen LogP contribution in [0.4, 0.5) is 0 Å². The number of benzene rings is 1. The third kappa shape index (κ3) is 4.89. The van der Waals surface area contributed by atoms with Gasteiger partial charge in [-0.25, -0.2) is 9.59 Å². The van der Waals surface area contributed by atoms with Gasteiger partial charge in [-0.05, 0) is 23.6 Å². The predicted molar refractivity (Wildman–Crippen MR) is 96.1 cm³/mol. The van der Waals surface area contributed by atoms with E-state index in [-0.39, 0.29) is 0 Å².